The second-order valence-electron chi connectivity index (χ2n) is 9.22. The normalized spacial score (nSPS) is 27.1. The van der Waals surface area contributed by atoms with Crippen LogP contribution < -0.4 is 0 Å². The van der Waals surface area contributed by atoms with E-state index in [2.05, 4.69) is 39.9 Å². The molecule has 0 radical (unpaired) electrons. The highest BCUT2D eigenvalue weighted by molar-refractivity contribution is 6.74. The molecule has 2 atom stereocenters. The minimum atomic E-state index is -1.87. The molecule has 6 heteroatoms. The summed E-state index contributed by atoms with van der Waals surface area (Å²) in [6, 6.07) is 0. The van der Waals surface area contributed by atoms with Crippen molar-refractivity contribution in [2.75, 3.05) is 13.2 Å². The third-order valence-corrected chi connectivity index (χ3v) is 10.7. The summed E-state index contributed by atoms with van der Waals surface area (Å²) >= 11 is 0. The first-order chi connectivity index (χ1) is 11.9. The zero-order valence-electron chi connectivity index (χ0n) is 17.3. The van der Waals surface area contributed by atoms with Crippen LogP contribution in [0.1, 0.15) is 53.9 Å². The molecule has 0 unspecified atom stereocenters. The first-order valence-electron chi connectivity index (χ1n) is 9.64. The van der Waals surface area contributed by atoms with E-state index < -0.39 is 25.7 Å². The van der Waals surface area contributed by atoms with E-state index in [-0.39, 0.29) is 23.7 Å². The lowest BCUT2D eigenvalue weighted by Crippen LogP contribution is -2.41. The largest absolute Gasteiger partial charge is 0.549 e. The van der Waals surface area contributed by atoms with Gasteiger partial charge in [-0.1, -0.05) is 20.8 Å². The molecule has 2 aliphatic rings. The molecule has 0 aromatic rings. The van der Waals surface area contributed by atoms with Gasteiger partial charge in [0.15, 0.2) is 5.41 Å². The van der Waals surface area contributed by atoms with Gasteiger partial charge in [0.25, 0.3) is 0 Å². The quantitative estimate of drug-likeness (QED) is 0.282. The molecule has 2 fully saturated rings. The van der Waals surface area contributed by atoms with Crippen molar-refractivity contribution in [3.05, 3.63) is 12.3 Å². The van der Waals surface area contributed by atoms with Crippen LogP contribution in [0.4, 0.5) is 0 Å². The fourth-order valence-electron chi connectivity index (χ4n) is 3.66. The minimum Gasteiger partial charge on any atom is -0.549 e. The maximum atomic E-state index is 12.6. The number of fused-ring (bicyclic) bond motifs is 1. The van der Waals surface area contributed by atoms with Gasteiger partial charge in [-0.15, -0.1) is 0 Å². The van der Waals surface area contributed by atoms with Gasteiger partial charge < -0.3 is 13.9 Å². The van der Waals surface area contributed by atoms with Crippen LogP contribution in [0.25, 0.3) is 0 Å². The molecule has 0 amide bonds. The third kappa shape index (κ3) is 3.71. The maximum Gasteiger partial charge on any atom is 0.323 e. The van der Waals surface area contributed by atoms with E-state index in [1.807, 2.05) is 6.26 Å². The number of hydrogen-bond acceptors (Lipinski definition) is 5. The first kappa shape index (κ1) is 21.0. The summed E-state index contributed by atoms with van der Waals surface area (Å²) in [7, 11) is -1.87. The summed E-state index contributed by atoms with van der Waals surface area (Å²) in [6.07, 6.45) is 5.86. The fraction of sp³-hybridized carbons (Fsp3) is 0.800. The highest BCUT2D eigenvalue weighted by Gasteiger charge is 2.70. The van der Waals surface area contributed by atoms with E-state index >= 15 is 0 Å². The predicted octanol–water partition coefficient (Wildman–Crippen LogP) is 4.43. The van der Waals surface area contributed by atoms with Crippen LogP contribution in [-0.4, -0.2) is 33.5 Å². The number of carbonyl (C=O) groups excluding carboxylic acids is 2. The second-order valence-corrected chi connectivity index (χ2v) is 14.0. The predicted molar refractivity (Wildman–Crippen MR) is 103 cm³/mol. The lowest BCUT2D eigenvalue weighted by atomic mass is 9.80. The monoisotopic (exact) mass is 382 g/mol. The number of rotatable bonds is 7. The SMILES string of the molecule is CCOC(=O)C1(C(=O)OCC)C[C@@H]2C[C@]2(/C=C/O[Si](C)(C)C(C)(C)C)C1. The van der Waals surface area contributed by atoms with Gasteiger partial charge in [-0.3, -0.25) is 9.59 Å². The van der Waals surface area contributed by atoms with Gasteiger partial charge >= 0.3 is 11.9 Å². The maximum absolute atomic E-state index is 12.6. The van der Waals surface area contributed by atoms with E-state index in [0.717, 1.165) is 6.42 Å². The van der Waals surface area contributed by atoms with Gasteiger partial charge in [-0.05, 0) is 68.7 Å². The van der Waals surface area contributed by atoms with Gasteiger partial charge in [0, 0.05) is 0 Å². The van der Waals surface area contributed by atoms with Crippen molar-refractivity contribution in [2.24, 2.45) is 16.7 Å². The van der Waals surface area contributed by atoms with Crippen molar-refractivity contribution in [1.29, 1.82) is 0 Å². The molecule has 26 heavy (non-hydrogen) atoms. The Balaban J connectivity index is 2.15. The Bertz CT molecular complexity index is 571. The summed E-state index contributed by atoms with van der Waals surface area (Å²) in [5.41, 5.74) is -1.29. The van der Waals surface area contributed by atoms with E-state index in [1.54, 1.807) is 13.8 Å². The molecule has 5 nitrogen and oxygen atoms in total. The third-order valence-electron chi connectivity index (χ3n) is 6.41. The molecule has 0 aromatic heterocycles. The van der Waals surface area contributed by atoms with E-state index in [9.17, 15) is 9.59 Å². The minimum absolute atomic E-state index is 0.132. The molecule has 0 N–H and O–H groups in total. The first-order valence-corrected chi connectivity index (χ1v) is 12.5. The molecule has 0 aromatic carbocycles. The summed E-state index contributed by atoms with van der Waals surface area (Å²) in [4.78, 5) is 25.2. The van der Waals surface area contributed by atoms with Gasteiger partial charge in [-0.25, -0.2) is 0 Å². The topological polar surface area (TPSA) is 61.8 Å². The molecule has 0 heterocycles. The van der Waals surface area contributed by atoms with Gasteiger partial charge in [0.1, 0.15) is 0 Å². The fourth-order valence-corrected chi connectivity index (χ4v) is 4.42. The van der Waals surface area contributed by atoms with Crippen molar-refractivity contribution >= 4 is 20.3 Å². The Hall–Kier alpha value is -1.30. The summed E-state index contributed by atoms with van der Waals surface area (Å²) in [6.45, 7) is 15.1. The summed E-state index contributed by atoms with van der Waals surface area (Å²) < 4.78 is 16.6. The Kier molecular flexibility index (Phi) is 5.67. The Morgan fingerprint density at radius 2 is 1.62 bits per heavy atom. The Morgan fingerprint density at radius 3 is 2.08 bits per heavy atom. The lowest BCUT2D eigenvalue weighted by molar-refractivity contribution is -0.172. The Labute approximate surface area is 158 Å². The number of esters is 2. The van der Waals surface area contributed by atoms with Gasteiger partial charge in [-0.2, -0.15) is 0 Å². The smallest absolute Gasteiger partial charge is 0.323 e. The molecule has 2 aliphatic carbocycles. The lowest BCUT2D eigenvalue weighted by Gasteiger charge is -2.35. The second kappa shape index (κ2) is 7.02. The molecule has 0 saturated heterocycles. The number of ether oxygens (including phenoxy) is 2. The highest BCUT2D eigenvalue weighted by Crippen LogP contribution is 2.70. The number of allylic oxidation sites excluding steroid dienone is 1. The molecular formula is C20H34O5Si. The van der Waals surface area contributed by atoms with Crippen LogP contribution in [0.2, 0.25) is 18.1 Å². The van der Waals surface area contributed by atoms with Crippen molar-refractivity contribution in [3.8, 4) is 0 Å². The van der Waals surface area contributed by atoms with E-state index in [1.165, 1.54) is 0 Å². The van der Waals surface area contributed by atoms with Crippen LogP contribution in [0, 0.1) is 16.7 Å². The molecule has 0 bridgehead atoms. The molecule has 2 rings (SSSR count). The van der Waals surface area contributed by atoms with Crippen LogP contribution in [0.3, 0.4) is 0 Å². The van der Waals surface area contributed by atoms with Crippen molar-refractivity contribution < 1.29 is 23.5 Å². The van der Waals surface area contributed by atoms with Crippen LogP contribution in [0.15, 0.2) is 12.3 Å². The van der Waals surface area contributed by atoms with Gasteiger partial charge in [0.2, 0.25) is 8.32 Å². The molecule has 0 aliphatic heterocycles. The number of carbonyl (C=O) groups is 2. The van der Waals surface area contributed by atoms with E-state index in [0.29, 0.717) is 18.8 Å². The number of hydrogen-bond donors (Lipinski definition) is 0. The Morgan fingerprint density at radius 1 is 1.08 bits per heavy atom. The summed E-state index contributed by atoms with van der Waals surface area (Å²) in [5, 5.41) is 0.132. The van der Waals surface area contributed by atoms with Crippen LogP contribution >= 0.6 is 0 Å². The van der Waals surface area contributed by atoms with Gasteiger partial charge in [0.05, 0.1) is 19.5 Å². The van der Waals surface area contributed by atoms with Crippen LogP contribution in [-0.2, 0) is 23.5 Å². The van der Waals surface area contributed by atoms with Crippen molar-refractivity contribution in [2.45, 2.75) is 72.0 Å². The zero-order chi connectivity index (χ0) is 19.8. The summed E-state index contributed by atoms with van der Waals surface area (Å²) in [5.74, 6) is -0.567. The average Bonchev–Trinajstić information content (AvgIpc) is 3.07. The molecule has 0 spiro atoms. The van der Waals surface area contributed by atoms with Crippen LogP contribution in [0.5, 0.6) is 0 Å². The van der Waals surface area contributed by atoms with Crippen molar-refractivity contribution in [3.63, 3.8) is 0 Å². The average molecular weight is 383 g/mol. The molecule has 2 saturated carbocycles. The molecule has 148 valence electrons. The highest BCUT2D eigenvalue weighted by atomic mass is 28.4. The molecular weight excluding hydrogens is 348 g/mol. The standard InChI is InChI=1S/C20H34O5Si/c1-8-23-16(21)20(17(22)24-9-2)13-15-12-19(15,14-20)10-11-25-26(6,7)18(3,4)5/h10-11,15H,8-9,12-14H2,1-7H3/b11-10+/t15-,19+/m0/s1. The van der Waals surface area contributed by atoms with Crippen molar-refractivity contribution in [1.82, 2.24) is 0 Å². The van der Waals surface area contributed by atoms with E-state index in [4.69, 9.17) is 13.9 Å². The zero-order valence-corrected chi connectivity index (χ0v) is 18.3.